The maximum atomic E-state index is 11.9. The second kappa shape index (κ2) is 13.7. The van der Waals surface area contributed by atoms with Gasteiger partial charge in [-0.1, -0.05) is 0 Å². The van der Waals surface area contributed by atoms with Gasteiger partial charge < -0.3 is 30.1 Å². The number of anilines is 1. The molecule has 1 aromatic heterocycles. The minimum absolute atomic E-state index is 0. The SMILES string of the molecule is CCNC(=NCc1ccnc(N2CCN(C)CC2)c1)NC1CCN(C(=O)OCC)CC1.I. The predicted molar refractivity (Wildman–Crippen MR) is 139 cm³/mol. The zero-order valence-corrected chi connectivity index (χ0v) is 21.9. The van der Waals surface area contributed by atoms with Crippen LogP contribution in [0.4, 0.5) is 10.6 Å². The van der Waals surface area contributed by atoms with Gasteiger partial charge in [-0.15, -0.1) is 24.0 Å². The zero-order chi connectivity index (χ0) is 22.1. The fourth-order valence-corrected chi connectivity index (χ4v) is 3.87. The Hall–Kier alpha value is -1.82. The first-order chi connectivity index (χ1) is 15.1. The Morgan fingerprint density at radius 3 is 2.56 bits per heavy atom. The number of piperidine rings is 1. The van der Waals surface area contributed by atoms with Crippen LogP contribution in [0.15, 0.2) is 23.3 Å². The maximum Gasteiger partial charge on any atom is 0.409 e. The first-order valence-electron chi connectivity index (χ1n) is 11.4. The van der Waals surface area contributed by atoms with E-state index in [9.17, 15) is 4.79 Å². The van der Waals surface area contributed by atoms with Crippen LogP contribution in [0, 0.1) is 0 Å². The molecule has 1 aromatic rings. The van der Waals surface area contributed by atoms with Gasteiger partial charge in [-0.25, -0.2) is 14.8 Å². The van der Waals surface area contributed by atoms with Crippen molar-refractivity contribution in [1.82, 2.24) is 25.4 Å². The lowest BCUT2D eigenvalue weighted by molar-refractivity contribution is 0.0963. The Kier molecular flexibility index (Phi) is 11.3. The molecule has 10 heteroatoms. The molecule has 32 heavy (non-hydrogen) atoms. The van der Waals surface area contributed by atoms with Crippen LogP contribution in [0.5, 0.6) is 0 Å². The third-order valence-electron chi connectivity index (χ3n) is 5.76. The predicted octanol–water partition coefficient (Wildman–Crippen LogP) is 2.13. The largest absolute Gasteiger partial charge is 0.450 e. The number of piperazine rings is 1. The highest BCUT2D eigenvalue weighted by molar-refractivity contribution is 14.0. The number of aromatic nitrogens is 1. The van der Waals surface area contributed by atoms with Crippen LogP contribution in [0.2, 0.25) is 0 Å². The number of pyridine rings is 1. The normalized spacial score (nSPS) is 18.2. The van der Waals surface area contributed by atoms with Gasteiger partial charge in [0.05, 0.1) is 13.2 Å². The third-order valence-corrected chi connectivity index (χ3v) is 5.76. The molecular formula is C22H38IN7O2. The molecule has 0 atom stereocenters. The number of hydrogen-bond acceptors (Lipinski definition) is 6. The Bertz CT molecular complexity index is 733. The Morgan fingerprint density at radius 2 is 1.91 bits per heavy atom. The van der Waals surface area contributed by atoms with Crippen molar-refractivity contribution < 1.29 is 9.53 Å². The van der Waals surface area contributed by atoms with Gasteiger partial charge in [-0.05, 0) is 51.4 Å². The third kappa shape index (κ3) is 7.95. The number of ether oxygens (including phenoxy) is 1. The zero-order valence-electron chi connectivity index (χ0n) is 19.5. The molecule has 2 N–H and O–H groups in total. The molecule has 2 aliphatic heterocycles. The smallest absolute Gasteiger partial charge is 0.409 e. The van der Waals surface area contributed by atoms with Gasteiger partial charge in [0.25, 0.3) is 0 Å². The quantitative estimate of drug-likeness (QED) is 0.314. The molecule has 180 valence electrons. The summed E-state index contributed by atoms with van der Waals surface area (Å²) in [5.74, 6) is 1.85. The van der Waals surface area contributed by atoms with E-state index in [2.05, 4.69) is 45.5 Å². The van der Waals surface area contributed by atoms with E-state index < -0.39 is 0 Å². The van der Waals surface area contributed by atoms with Gasteiger partial charge in [-0.3, -0.25) is 0 Å². The van der Waals surface area contributed by atoms with Crippen LogP contribution in [0.1, 0.15) is 32.3 Å². The van der Waals surface area contributed by atoms with E-state index in [1.165, 1.54) is 0 Å². The topological polar surface area (TPSA) is 85.3 Å². The van der Waals surface area contributed by atoms with Crippen LogP contribution in [0.3, 0.4) is 0 Å². The average Bonchev–Trinajstić information content (AvgIpc) is 2.79. The summed E-state index contributed by atoms with van der Waals surface area (Å²) >= 11 is 0. The summed E-state index contributed by atoms with van der Waals surface area (Å²) < 4.78 is 5.10. The molecule has 2 fully saturated rings. The molecule has 2 saturated heterocycles. The number of rotatable bonds is 6. The van der Waals surface area contributed by atoms with Crippen LogP contribution >= 0.6 is 24.0 Å². The van der Waals surface area contributed by atoms with E-state index in [0.29, 0.717) is 32.3 Å². The van der Waals surface area contributed by atoms with E-state index in [4.69, 9.17) is 9.73 Å². The van der Waals surface area contributed by atoms with Crippen molar-refractivity contribution in [3.63, 3.8) is 0 Å². The molecule has 0 saturated carbocycles. The number of guanidine groups is 1. The summed E-state index contributed by atoms with van der Waals surface area (Å²) in [5, 5.41) is 6.87. The minimum atomic E-state index is -0.213. The number of nitrogens with one attached hydrogen (secondary N) is 2. The van der Waals surface area contributed by atoms with Gasteiger partial charge >= 0.3 is 6.09 Å². The second-order valence-corrected chi connectivity index (χ2v) is 8.11. The molecule has 0 bridgehead atoms. The number of carbonyl (C=O) groups excluding carboxylic acids is 1. The van der Waals surface area contributed by atoms with E-state index in [0.717, 1.165) is 62.9 Å². The number of nitrogens with zero attached hydrogens (tertiary/aromatic N) is 5. The highest BCUT2D eigenvalue weighted by Gasteiger charge is 2.24. The highest BCUT2D eigenvalue weighted by atomic mass is 127. The molecule has 0 radical (unpaired) electrons. The second-order valence-electron chi connectivity index (χ2n) is 8.11. The first-order valence-corrected chi connectivity index (χ1v) is 11.4. The Morgan fingerprint density at radius 1 is 1.19 bits per heavy atom. The molecule has 3 rings (SSSR count). The lowest BCUT2D eigenvalue weighted by Gasteiger charge is -2.33. The summed E-state index contributed by atoms with van der Waals surface area (Å²) in [4.78, 5) is 27.7. The fraction of sp³-hybridized carbons (Fsp3) is 0.682. The molecule has 0 spiro atoms. The standard InChI is InChI=1S/C22H37N7O2.HI/c1-4-23-21(26-19-7-10-29(11-8-19)22(30)31-5-2)25-17-18-6-9-24-20(16-18)28-14-12-27(3)13-15-28;/h6,9,16,19H,4-5,7-8,10-15,17H2,1-3H3,(H2,23,25,26);1H. The highest BCUT2D eigenvalue weighted by Crippen LogP contribution is 2.16. The van der Waals surface area contributed by atoms with Crippen molar-refractivity contribution in [2.75, 3.05) is 64.4 Å². The number of likely N-dealkylation sites (tertiary alicyclic amines) is 1. The van der Waals surface area contributed by atoms with Crippen LogP contribution in [-0.2, 0) is 11.3 Å². The summed E-state index contributed by atoms with van der Waals surface area (Å²) in [7, 11) is 2.16. The summed E-state index contributed by atoms with van der Waals surface area (Å²) in [6.07, 6.45) is 3.43. The van der Waals surface area contributed by atoms with E-state index in [1.54, 1.807) is 4.90 Å². The van der Waals surface area contributed by atoms with Crippen molar-refractivity contribution in [3.8, 4) is 0 Å². The number of likely N-dealkylation sites (N-methyl/N-ethyl adjacent to an activating group) is 1. The Balaban J connectivity index is 0.00000363. The molecule has 0 aromatic carbocycles. The van der Waals surface area contributed by atoms with Crippen molar-refractivity contribution in [1.29, 1.82) is 0 Å². The molecule has 3 heterocycles. The fourth-order valence-electron chi connectivity index (χ4n) is 3.87. The van der Waals surface area contributed by atoms with E-state index >= 15 is 0 Å². The van der Waals surface area contributed by atoms with Gasteiger partial charge in [0, 0.05) is 58.1 Å². The van der Waals surface area contributed by atoms with Gasteiger partial charge in [0.1, 0.15) is 5.82 Å². The molecule has 9 nitrogen and oxygen atoms in total. The average molecular weight is 559 g/mol. The minimum Gasteiger partial charge on any atom is -0.450 e. The van der Waals surface area contributed by atoms with Crippen LogP contribution < -0.4 is 15.5 Å². The van der Waals surface area contributed by atoms with Crippen molar-refractivity contribution in [3.05, 3.63) is 23.9 Å². The monoisotopic (exact) mass is 559 g/mol. The number of carbonyl (C=O) groups is 1. The molecular weight excluding hydrogens is 521 g/mol. The van der Waals surface area contributed by atoms with Crippen LogP contribution in [-0.4, -0.2) is 92.3 Å². The van der Waals surface area contributed by atoms with Crippen molar-refractivity contribution in [2.45, 2.75) is 39.3 Å². The van der Waals surface area contributed by atoms with Gasteiger partial charge in [-0.2, -0.15) is 0 Å². The lowest BCUT2D eigenvalue weighted by Crippen LogP contribution is -2.49. The van der Waals surface area contributed by atoms with Crippen molar-refractivity contribution >= 4 is 41.8 Å². The molecule has 0 aliphatic carbocycles. The van der Waals surface area contributed by atoms with Gasteiger partial charge in [0.2, 0.25) is 0 Å². The van der Waals surface area contributed by atoms with E-state index in [1.807, 2.05) is 19.2 Å². The van der Waals surface area contributed by atoms with Crippen LogP contribution in [0.25, 0.3) is 0 Å². The lowest BCUT2D eigenvalue weighted by atomic mass is 10.1. The summed E-state index contributed by atoms with van der Waals surface area (Å²) in [6, 6.07) is 4.47. The van der Waals surface area contributed by atoms with Gasteiger partial charge in [0.15, 0.2) is 5.96 Å². The molecule has 1 amide bonds. The summed E-state index contributed by atoms with van der Waals surface area (Å²) in [5.41, 5.74) is 1.15. The van der Waals surface area contributed by atoms with E-state index in [-0.39, 0.29) is 30.1 Å². The first kappa shape index (κ1) is 26.4. The number of halogens is 1. The molecule has 2 aliphatic rings. The van der Waals surface area contributed by atoms with Crippen molar-refractivity contribution in [2.24, 2.45) is 4.99 Å². The maximum absolute atomic E-state index is 11.9. The number of aliphatic imine (C=N–C) groups is 1. The Labute approximate surface area is 209 Å². The molecule has 0 unspecified atom stereocenters. The number of hydrogen-bond donors (Lipinski definition) is 2. The summed E-state index contributed by atoms with van der Waals surface area (Å²) in [6.45, 7) is 11.3. The number of amides is 1.